The number of carbonyl (C=O) groups excluding carboxylic acids is 1. The molecule has 0 atom stereocenters. The Bertz CT molecular complexity index is 661. The molecule has 1 aromatic rings. The van der Waals surface area contributed by atoms with Crippen molar-refractivity contribution in [2.24, 2.45) is 0 Å². The number of amides is 1. The fourth-order valence-corrected chi connectivity index (χ4v) is 3.64. The molecule has 134 valence electrons. The smallest absolute Gasteiger partial charge is 0.262 e. The topological polar surface area (TPSA) is 58.6 Å². The van der Waals surface area contributed by atoms with Crippen molar-refractivity contribution >= 4 is 11.6 Å². The van der Waals surface area contributed by atoms with Crippen LogP contribution in [0, 0.1) is 13.8 Å². The number of aromatic hydroxyl groups is 1. The molecule has 0 bridgehead atoms. The van der Waals surface area contributed by atoms with Crippen molar-refractivity contribution in [1.29, 1.82) is 0 Å². The van der Waals surface area contributed by atoms with Crippen molar-refractivity contribution in [2.45, 2.75) is 66.9 Å². The second kappa shape index (κ2) is 6.28. The first-order valence-electron chi connectivity index (χ1n) is 8.79. The average Bonchev–Trinajstić information content (AvgIpc) is 2.51. The van der Waals surface area contributed by atoms with E-state index in [1.807, 2.05) is 27.7 Å². The minimum atomic E-state index is -0.222. The summed E-state index contributed by atoms with van der Waals surface area (Å²) in [6, 6.07) is 0. The van der Waals surface area contributed by atoms with Gasteiger partial charge in [0.2, 0.25) is 5.69 Å². The molecule has 1 amide bonds. The average molecular weight is 335 g/mol. The molecule has 2 rings (SSSR count). The standard InChI is InChI=1S/C19H30N2O3/c1-8-21(9-2,20-14(5)22)16-15-10-11-19(6,7)24-18(15)13(4)12(3)17(16)23/h8-11H2,1-7H3,(H-,20,22,23)/p+1. The van der Waals surface area contributed by atoms with Crippen LogP contribution in [0.25, 0.3) is 0 Å². The van der Waals surface area contributed by atoms with E-state index in [1.54, 1.807) is 0 Å². The highest BCUT2D eigenvalue weighted by Crippen LogP contribution is 2.49. The number of quaternary nitrogens is 1. The molecule has 0 unspecified atom stereocenters. The zero-order chi connectivity index (χ0) is 18.3. The Labute approximate surface area is 145 Å². The van der Waals surface area contributed by atoms with Gasteiger partial charge in [0.25, 0.3) is 5.91 Å². The predicted octanol–water partition coefficient (Wildman–Crippen LogP) is 3.51. The predicted molar refractivity (Wildman–Crippen MR) is 97.3 cm³/mol. The van der Waals surface area contributed by atoms with Crippen LogP contribution in [-0.4, -0.2) is 29.7 Å². The highest BCUT2D eigenvalue weighted by Gasteiger charge is 2.41. The molecular formula is C19H31N2O3+. The molecule has 1 aliphatic heterocycles. The second-order valence-corrected chi connectivity index (χ2v) is 7.38. The van der Waals surface area contributed by atoms with E-state index in [-0.39, 0.29) is 21.8 Å². The molecule has 0 aliphatic carbocycles. The summed E-state index contributed by atoms with van der Waals surface area (Å²) in [5, 5.41) is 11.0. The van der Waals surface area contributed by atoms with Gasteiger partial charge in [0.15, 0.2) is 5.75 Å². The number of hydrogen-bond acceptors (Lipinski definition) is 3. The van der Waals surface area contributed by atoms with Gasteiger partial charge >= 0.3 is 0 Å². The number of rotatable bonds is 4. The van der Waals surface area contributed by atoms with Crippen molar-refractivity contribution in [1.82, 2.24) is 10.0 Å². The molecule has 1 aromatic carbocycles. The van der Waals surface area contributed by atoms with E-state index in [0.29, 0.717) is 13.1 Å². The normalized spacial score (nSPS) is 16.3. The lowest BCUT2D eigenvalue weighted by atomic mass is 9.89. The number of phenols is 1. The van der Waals surface area contributed by atoms with Crippen LogP contribution in [0.4, 0.5) is 5.69 Å². The minimum Gasteiger partial charge on any atom is -0.502 e. The molecule has 0 saturated carbocycles. The van der Waals surface area contributed by atoms with Crippen LogP contribution in [0.2, 0.25) is 0 Å². The molecular weight excluding hydrogens is 304 g/mol. The number of ether oxygens (including phenoxy) is 1. The van der Waals surface area contributed by atoms with Crippen LogP contribution in [0.1, 0.15) is 57.7 Å². The molecule has 1 aliphatic rings. The van der Waals surface area contributed by atoms with E-state index >= 15 is 0 Å². The number of benzene rings is 1. The lowest BCUT2D eigenvalue weighted by molar-refractivity contribution is -0.123. The number of nitrogens with one attached hydrogen (secondary N) is 1. The van der Waals surface area contributed by atoms with Gasteiger partial charge in [0.1, 0.15) is 24.4 Å². The van der Waals surface area contributed by atoms with E-state index in [9.17, 15) is 9.90 Å². The molecule has 0 spiro atoms. The summed E-state index contributed by atoms with van der Waals surface area (Å²) in [6.45, 7) is 14.9. The third kappa shape index (κ3) is 2.97. The minimum absolute atomic E-state index is 0.109. The number of nitrogens with zero attached hydrogens (tertiary/aromatic N) is 1. The maximum atomic E-state index is 11.8. The summed E-state index contributed by atoms with van der Waals surface area (Å²) in [5.41, 5.74) is 6.43. The van der Waals surface area contributed by atoms with E-state index < -0.39 is 0 Å². The largest absolute Gasteiger partial charge is 0.502 e. The van der Waals surface area contributed by atoms with Gasteiger partial charge in [-0.05, 0) is 59.9 Å². The van der Waals surface area contributed by atoms with Gasteiger partial charge in [-0.25, -0.2) is 0 Å². The summed E-state index contributed by atoms with van der Waals surface area (Å²) in [4.78, 5) is 11.8. The summed E-state index contributed by atoms with van der Waals surface area (Å²) < 4.78 is 6.51. The molecule has 24 heavy (non-hydrogen) atoms. The molecule has 2 N–H and O–H groups in total. The maximum Gasteiger partial charge on any atom is 0.262 e. The zero-order valence-corrected chi connectivity index (χ0v) is 16.0. The fourth-order valence-electron chi connectivity index (χ4n) is 3.64. The highest BCUT2D eigenvalue weighted by molar-refractivity contribution is 5.77. The van der Waals surface area contributed by atoms with Gasteiger partial charge in [-0.1, -0.05) is 0 Å². The number of fused-ring (bicyclic) bond motifs is 1. The molecule has 0 saturated heterocycles. The van der Waals surface area contributed by atoms with Crippen LogP contribution in [0.5, 0.6) is 11.5 Å². The fraction of sp³-hybridized carbons (Fsp3) is 0.632. The Morgan fingerprint density at radius 1 is 1.25 bits per heavy atom. The third-order valence-corrected chi connectivity index (χ3v) is 5.28. The first kappa shape index (κ1) is 18.6. The van der Waals surface area contributed by atoms with E-state index in [2.05, 4.69) is 19.3 Å². The quantitative estimate of drug-likeness (QED) is 0.654. The lowest BCUT2D eigenvalue weighted by Crippen LogP contribution is -2.61. The Morgan fingerprint density at radius 3 is 2.33 bits per heavy atom. The first-order valence-corrected chi connectivity index (χ1v) is 8.79. The summed E-state index contributed by atoms with van der Waals surface area (Å²) >= 11 is 0. The number of hydrogen-bond donors (Lipinski definition) is 2. The molecule has 1 heterocycles. The van der Waals surface area contributed by atoms with Gasteiger partial charge < -0.3 is 9.84 Å². The van der Waals surface area contributed by atoms with Crippen molar-refractivity contribution in [3.05, 3.63) is 16.7 Å². The summed E-state index contributed by atoms with van der Waals surface area (Å²) in [5.74, 6) is 1.03. The van der Waals surface area contributed by atoms with Gasteiger partial charge in [-0.2, -0.15) is 10.0 Å². The van der Waals surface area contributed by atoms with Crippen molar-refractivity contribution < 1.29 is 14.6 Å². The summed E-state index contributed by atoms with van der Waals surface area (Å²) in [7, 11) is 0. The van der Waals surface area contributed by atoms with Crippen LogP contribution in [0.3, 0.4) is 0 Å². The monoisotopic (exact) mass is 335 g/mol. The van der Waals surface area contributed by atoms with E-state index in [0.717, 1.165) is 41.0 Å². The van der Waals surface area contributed by atoms with Crippen LogP contribution in [0.15, 0.2) is 0 Å². The van der Waals surface area contributed by atoms with Gasteiger partial charge in [0, 0.05) is 12.5 Å². The maximum absolute atomic E-state index is 11.8. The second-order valence-electron chi connectivity index (χ2n) is 7.38. The van der Waals surface area contributed by atoms with Crippen molar-refractivity contribution in [3.8, 4) is 11.5 Å². The molecule has 0 aromatic heterocycles. The third-order valence-electron chi connectivity index (χ3n) is 5.28. The summed E-state index contributed by atoms with van der Waals surface area (Å²) in [6.07, 6.45) is 1.70. The van der Waals surface area contributed by atoms with Gasteiger partial charge in [-0.3, -0.25) is 4.79 Å². The zero-order valence-electron chi connectivity index (χ0n) is 16.0. The van der Waals surface area contributed by atoms with E-state index in [4.69, 9.17) is 4.74 Å². The number of carbonyl (C=O) groups is 1. The first-order chi connectivity index (χ1) is 11.1. The molecule has 0 fully saturated rings. The van der Waals surface area contributed by atoms with Gasteiger partial charge in [-0.15, -0.1) is 0 Å². The van der Waals surface area contributed by atoms with Crippen molar-refractivity contribution in [2.75, 3.05) is 13.1 Å². The molecule has 5 heteroatoms. The van der Waals surface area contributed by atoms with Crippen LogP contribution < -0.4 is 14.8 Å². The Morgan fingerprint density at radius 2 is 1.83 bits per heavy atom. The SMILES string of the molecule is CC[N+](CC)(NC(C)=O)c1c(O)c(C)c(C)c2c1CCC(C)(C)O2. The van der Waals surface area contributed by atoms with Crippen LogP contribution >= 0.6 is 0 Å². The van der Waals surface area contributed by atoms with Crippen molar-refractivity contribution in [3.63, 3.8) is 0 Å². The lowest BCUT2D eigenvalue weighted by Gasteiger charge is -2.40. The molecule has 0 radical (unpaired) electrons. The van der Waals surface area contributed by atoms with E-state index in [1.165, 1.54) is 6.92 Å². The molecule has 5 nitrogen and oxygen atoms in total. The van der Waals surface area contributed by atoms with Crippen LogP contribution in [-0.2, 0) is 11.2 Å². The highest BCUT2D eigenvalue weighted by atomic mass is 16.5. The Kier molecular flexibility index (Phi) is 4.86. The Hall–Kier alpha value is -1.75. The van der Waals surface area contributed by atoms with Gasteiger partial charge in [0.05, 0.1) is 5.56 Å². The Balaban J connectivity index is 2.79. The number of phenolic OH excluding ortho intramolecular Hbond substituents is 1.